The van der Waals surface area contributed by atoms with E-state index in [0.29, 0.717) is 16.9 Å². The molecule has 232 valence electrons. The van der Waals surface area contributed by atoms with Crippen LogP contribution in [0.15, 0.2) is 70.5 Å². The number of carbonyl (C=O) groups is 1. The Balaban J connectivity index is 1.27. The predicted molar refractivity (Wildman–Crippen MR) is 162 cm³/mol. The van der Waals surface area contributed by atoms with Gasteiger partial charge in [-0.15, -0.1) is 0 Å². The molecule has 0 saturated heterocycles. The number of hydrogen-bond donors (Lipinski definition) is 3. The van der Waals surface area contributed by atoms with Crippen molar-refractivity contribution in [3.05, 3.63) is 105 Å². The summed E-state index contributed by atoms with van der Waals surface area (Å²) < 4.78 is 36.9. The molecule has 0 spiro atoms. The normalized spacial score (nSPS) is 14.0. The second kappa shape index (κ2) is 11.7. The lowest BCUT2D eigenvalue weighted by Gasteiger charge is -2.41. The molecule has 6 rings (SSSR count). The van der Waals surface area contributed by atoms with Gasteiger partial charge in [0.1, 0.15) is 22.5 Å². The van der Waals surface area contributed by atoms with Gasteiger partial charge in [-0.05, 0) is 75.1 Å². The van der Waals surface area contributed by atoms with Crippen LogP contribution >= 0.6 is 0 Å². The number of aliphatic hydroxyl groups is 1. The standard InChI is InChI=1S/C32H30F2N6O5/c1-18(2)39-16-22(30(43)40(31(39)44)21-7-5-20(33)6-8-21)24(42)15-19-4-9-25(23(34)14-19)45-26-10-13-35-28-27(26)29(38-37-28)36-32(17-41)11-3-12-32/h4-10,13-14,16,18,41H,3,11-12,15,17H2,1-2H3,(H2,35,36,37,38). The second-order valence-electron chi connectivity index (χ2n) is 11.4. The largest absolute Gasteiger partial charge is 0.453 e. The van der Waals surface area contributed by atoms with E-state index >= 15 is 4.39 Å². The number of aliphatic hydroxyl groups excluding tert-OH is 1. The van der Waals surface area contributed by atoms with Crippen LogP contribution in [0.3, 0.4) is 0 Å². The number of H-pyrrole nitrogens is 1. The van der Waals surface area contributed by atoms with Gasteiger partial charge in [-0.25, -0.2) is 23.1 Å². The maximum Gasteiger partial charge on any atom is 0.335 e. The second-order valence-corrected chi connectivity index (χ2v) is 11.4. The van der Waals surface area contributed by atoms with Crippen molar-refractivity contribution in [2.24, 2.45) is 0 Å². The fourth-order valence-electron chi connectivity index (χ4n) is 5.36. The first-order chi connectivity index (χ1) is 21.6. The van der Waals surface area contributed by atoms with Gasteiger partial charge in [0.2, 0.25) is 0 Å². The summed E-state index contributed by atoms with van der Waals surface area (Å²) in [6.45, 7) is 3.38. The van der Waals surface area contributed by atoms with Gasteiger partial charge in [-0.2, -0.15) is 5.10 Å². The Bertz CT molecular complexity index is 2020. The quantitative estimate of drug-likeness (QED) is 0.192. The maximum atomic E-state index is 15.4. The van der Waals surface area contributed by atoms with Gasteiger partial charge in [0.25, 0.3) is 5.56 Å². The number of ketones is 1. The smallest absolute Gasteiger partial charge is 0.335 e. The van der Waals surface area contributed by atoms with E-state index in [9.17, 15) is 23.9 Å². The highest BCUT2D eigenvalue weighted by molar-refractivity contribution is 5.97. The van der Waals surface area contributed by atoms with E-state index in [1.807, 2.05) is 0 Å². The molecule has 0 amide bonds. The molecule has 11 nitrogen and oxygen atoms in total. The summed E-state index contributed by atoms with van der Waals surface area (Å²) in [7, 11) is 0. The highest BCUT2D eigenvalue weighted by Crippen LogP contribution is 2.39. The Labute approximate surface area is 255 Å². The lowest BCUT2D eigenvalue weighted by molar-refractivity contribution is 0.0990. The molecule has 1 fully saturated rings. The summed E-state index contributed by atoms with van der Waals surface area (Å²) in [5, 5.41) is 20.8. The van der Waals surface area contributed by atoms with Crippen molar-refractivity contribution in [3.8, 4) is 17.2 Å². The lowest BCUT2D eigenvalue weighted by Crippen LogP contribution is -2.48. The zero-order valence-corrected chi connectivity index (χ0v) is 24.5. The van der Waals surface area contributed by atoms with E-state index in [4.69, 9.17) is 4.74 Å². The van der Waals surface area contributed by atoms with E-state index in [-0.39, 0.29) is 41.3 Å². The van der Waals surface area contributed by atoms with Gasteiger partial charge in [0, 0.05) is 30.9 Å². The highest BCUT2D eigenvalue weighted by atomic mass is 19.1. The van der Waals surface area contributed by atoms with E-state index < -0.39 is 40.2 Å². The monoisotopic (exact) mass is 616 g/mol. The molecular formula is C32H30F2N6O5. The topological polar surface area (TPSA) is 144 Å². The number of ether oxygens (including phenoxy) is 1. The van der Waals surface area contributed by atoms with E-state index in [0.717, 1.165) is 42.0 Å². The molecule has 1 aliphatic rings. The Morgan fingerprint density at radius 1 is 1.11 bits per heavy atom. The van der Waals surface area contributed by atoms with Crippen LogP contribution in [0.1, 0.15) is 55.1 Å². The molecule has 3 heterocycles. The minimum absolute atomic E-state index is 0.0643. The number of benzene rings is 2. The number of nitrogens with one attached hydrogen (secondary N) is 2. The summed E-state index contributed by atoms with van der Waals surface area (Å²) in [5.41, 5.74) is -1.47. The third-order valence-corrected chi connectivity index (χ3v) is 8.06. The van der Waals surface area contributed by atoms with Crippen molar-refractivity contribution in [2.75, 3.05) is 11.9 Å². The molecule has 3 aromatic heterocycles. The third-order valence-electron chi connectivity index (χ3n) is 8.06. The first-order valence-electron chi connectivity index (χ1n) is 14.4. The molecule has 13 heteroatoms. The molecule has 3 N–H and O–H groups in total. The van der Waals surface area contributed by atoms with Gasteiger partial charge in [-0.3, -0.25) is 19.3 Å². The van der Waals surface area contributed by atoms with Gasteiger partial charge in [-0.1, -0.05) is 6.07 Å². The maximum absolute atomic E-state index is 15.4. The number of rotatable bonds is 10. The minimum atomic E-state index is -0.856. The summed E-state index contributed by atoms with van der Waals surface area (Å²) in [6, 6.07) is 10.0. The number of aromatic nitrogens is 5. The van der Waals surface area contributed by atoms with Crippen molar-refractivity contribution in [2.45, 2.75) is 51.1 Å². The van der Waals surface area contributed by atoms with E-state index in [1.165, 1.54) is 41.2 Å². The van der Waals surface area contributed by atoms with Crippen molar-refractivity contribution < 1.29 is 23.4 Å². The van der Waals surface area contributed by atoms with Crippen LogP contribution in [0.5, 0.6) is 11.5 Å². The molecular weight excluding hydrogens is 586 g/mol. The Kier molecular flexibility index (Phi) is 7.79. The Hall–Kier alpha value is -5.17. The highest BCUT2D eigenvalue weighted by Gasteiger charge is 2.37. The van der Waals surface area contributed by atoms with Crippen molar-refractivity contribution in [3.63, 3.8) is 0 Å². The summed E-state index contributed by atoms with van der Waals surface area (Å²) in [5.74, 6) is -1.32. The van der Waals surface area contributed by atoms with E-state index in [1.54, 1.807) is 19.9 Å². The molecule has 0 bridgehead atoms. The molecule has 2 aromatic carbocycles. The predicted octanol–water partition coefficient (Wildman–Crippen LogP) is 4.67. The van der Waals surface area contributed by atoms with Gasteiger partial charge >= 0.3 is 5.69 Å². The SMILES string of the molecule is CC(C)n1cc(C(=O)Cc2ccc(Oc3ccnc4[nH]nc(NC5(CO)CCC5)c34)c(F)c2)c(=O)n(-c2ccc(F)cc2)c1=O. The number of hydrogen-bond acceptors (Lipinski definition) is 8. The van der Waals surface area contributed by atoms with Crippen LogP contribution in [0, 0.1) is 11.6 Å². The van der Waals surface area contributed by atoms with Crippen LogP contribution < -0.4 is 21.3 Å². The zero-order chi connectivity index (χ0) is 31.9. The van der Waals surface area contributed by atoms with Crippen molar-refractivity contribution in [1.82, 2.24) is 24.3 Å². The number of fused-ring (bicyclic) bond motifs is 1. The zero-order valence-electron chi connectivity index (χ0n) is 24.5. The number of Topliss-reactive ketones (excluding diaryl/α,β-unsaturated/α-hetero) is 1. The van der Waals surface area contributed by atoms with Gasteiger partial charge < -0.3 is 15.2 Å². The van der Waals surface area contributed by atoms with Crippen LogP contribution in [0.4, 0.5) is 14.6 Å². The third kappa shape index (κ3) is 5.62. The average Bonchev–Trinajstić information content (AvgIpc) is 3.40. The first kappa shape index (κ1) is 29.9. The molecule has 0 aliphatic heterocycles. The molecule has 1 saturated carbocycles. The fourth-order valence-corrected chi connectivity index (χ4v) is 5.36. The number of pyridine rings is 1. The van der Waals surface area contributed by atoms with Crippen molar-refractivity contribution >= 4 is 22.6 Å². The Morgan fingerprint density at radius 3 is 2.51 bits per heavy atom. The molecule has 0 atom stereocenters. The molecule has 0 radical (unpaired) electrons. The summed E-state index contributed by atoms with van der Waals surface area (Å²) in [6.07, 6.45) is 4.91. The number of halogens is 2. The number of aromatic amines is 1. The summed E-state index contributed by atoms with van der Waals surface area (Å²) >= 11 is 0. The number of carbonyl (C=O) groups excluding carboxylic acids is 1. The van der Waals surface area contributed by atoms with Crippen LogP contribution in [0.25, 0.3) is 16.7 Å². The first-order valence-corrected chi connectivity index (χ1v) is 14.4. The lowest BCUT2D eigenvalue weighted by atomic mass is 9.77. The van der Waals surface area contributed by atoms with Crippen LogP contribution in [0.2, 0.25) is 0 Å². The molecule has 0 unspecified atom stereocenters. The number of anilines is 1. The molecule has 1 aliphatic carbocycles. The van der Waals surface area contributed by atoms with Crippen LogP contribution in [-0.2, 0) is 6.42 Å². The van der Waals surface area contributed by atoms with Gasteiger partial charge in [0.15, 0.2) is 28.8 Å². The molecule has 45 heavy (non-hydrogen) atoms. The van der Waals surface area contributed by atoms with E-state index in [2.05, 4.69) is 20.5 Å². The summed E-state index contributed by atoms with van der Waals surface area (Å²) in [4.78, 5) is 44.1. The van der Waals surface area contributed by atoms with Gasteiger partial charge in [0.05, 0.1) is 17.8 Å². The Morgan fingerprint density at radius 2 is 1.87 bits per heavy atom. The fraction of sp³-hybridized carbons (Fsp3) is 0.281. The van der Waals surface area contributed by atoms with Crippen LogP contribution in [-0.4, -0.2) is 47.4 Å². The number of nitrogens with zero attached hydrogens (tertiary/aromatic N) is 4. The van der Waals surface area contributed by atoms with Crippen molar-refractivity contribution in [1.29, 1.82) is 0 Å². The average molecular weight is 617 g/mol. The molecule has 5 aromatic rings. The minimum Gasteiger partial charge on any atom is -0.453 e.